The molecule has 0 saturated heterocycles. The fourth-order valence-electron chi connectivity index (χ4n) is 3.21. The number of benzene rings is 2. The Morgan fingerprint density at radius 1 is 1.03 bits per heavy atom. The molecule has 0 amide bonds. The molecule has 3 rings (SSSR count). The Hall–Kier alpha value is -2.68. The number of aromatic nitrogens is 3. The summed E-state index contributed by atoms with van der Waals surface area (Å²) in [6.45, 7) is 3.62. The second kappa shape index (κ2) is 10.6. The number of nitrogens with one attached hydrogen (secondary N) is 1. The monoisotopic (exact) mass is 471 g/mol. The molecule has 0 atom stereocenters. The minimum atomic E-state index is 0.395. The van der Waals surface area contributed by atoms with Crippen LogP contribution in [0, 0.1) is 34.4 Å². The van der Waals surface area contributed by atoms with Crippen molar-refractivity contribution in [2.75, 3.05) is 13.1 Å². The molecule has 3 aromatic rings. The van der Waals surface area contributed by atoms with Crippen molar-refractivity contribution in [1.82, 2.24) is 14.3 Å². The van der Waals surface area contributed by atoms with Crippen LogP contribution in [0.5, 0.6) is 0 Å². The Labute approximate surface area is 196 Å². The normalized spacial score (nSPS) is 10.8. The highest BCUT2D eigenvalue weighted by Gasteiger charge is 2.18. The van der Waals surface area contributed by atoms with Crippen molar-refractivity contribution in [1.29, 1.82) is 10.5 Å². The lowest BCUT2D eigenvalue weighted by molar-refractivity contribution is -0.922. The lowest BCUT2D eigenvalue weighted by Crippen LogP contribution is -3.11. The van der Waals surface area contributed by atoms with E-state index in [2.05, 4.69) is 12.1 Å². The van der Waals surface area contributed by atoms with Gasteiger partial charge in [-0.3, -0.25) is 4.57 Å². The molecular weight excluding hydrogens is 451 g/mol. The van der Waals surface area contributed by atoms with Crippen LogP contribution in [0.2, 0.25) is 10.0 Å². The Morgan fingerprint density at radius 3 is 2.26 bits per heavy atom. The molecule has 0 fully saturated rings. The quantitative estimate of drug-likeness (QED) is 0.495. The molecule has 1 aromatic heterocycles. The van der Waals surface area contributed by atoms with Gasteiger partial charge in [-0.15, -0.1) is 5.10 Å². The number of aryl methyl sites for hydroxylation is 1. The minimum Gasteiger partial charge on any atom is -0.315 e. The van der Waals surface area contributed by atoms with Crippen LogP contribution < -0.4 is 4.90 Å². The molecule has 158 valence electrons. The van der Waals surface area contributed by atoms with Crippen molar-refractivity contribution >= 4 is 35.4 Å². The van der Waals surface area contributed by atoms with Gasteiger partial charge in [-0.1, -0.05) is 29.3 Å². The molecule has 0 spiro atoms. The third-order valence-corrected chi connectivity index (χ3v) is 5.96. The molecule has 0 saturated carbocycles. The summed E-state index contributed by atoms with van der Waals surface area (Å²) >= 11 is 18.2. The summed E-state index contributed by atoms with van der Waals surface area (Å²) in [5.41, 5.74) is 2.65. The maximum atomic E-state index is 8.98. The summed E-state index contributed by atoms with van der Waals surface area (Å²) in [6, 6.07) is 17.5. The molecule has 1 heterocycles. The van der Waals surface area contributed by atoms with Crippen LogP contribution in [0.3, 0.4) is 0 Å². The van der Waals surface area contributed by atoms with Crippen LogP contribution in [0.1, 0.15) is 18.4 Å². The van der Waals surface area contributed by atoms with Gasteiger partial charge in [-0.2, -0.15) is 15.2 Å². The zero-order valence-corrected chi connectivity index (χ0v) is 19.3. The second-order valence-electron chi connectivity index (χ2n) is 7.11. The summed E-state index contributed by atoms with van der Waals surface area (Å²) in [6.07, 6.45) is 0.790. The molecule has 0 aliphatic carbocycles. The standard InChI is InChI=1S/C22H20Cl2N6S/c1-16-4-9-19(14-20(16)24)30-21(17-5-7-18(23)8-6-17)27-29(22(30)31)15-28(12-2-10-25)13-3-11-26/h4-9,14H,2-3,12-13,15H2,1H3/p+1. The summed E-state index contributed by atoms with van der Waals surface area (Å²) in [4.78, 5) is 1.06. The number of nitriles is 2. The molecule has 2 aromatic carbocycles. The summed E-state index contributed by atoms with van der Waals surface area (Å²) < 4.78 is 4.14. The summed E-state index contributed by atoms with van der Waals surface area (Å²) in [5, 5.41) is 24.0. The predicted octanol–water partition coefficient (Wildman–Crippen LogP) is 4.36. The van der Waals surface area contributed by atoms with Gasteiger partial charge in [-0.25, -0.2) is 0 Å². The van der Waals surface area contributed by atoms with E-state index >= 15 is 0 Å². The predicted molar refractivity (Wildman–Crippen MR) is 124 cm³/mol. The maximum absolute atomic E-state index is 8.98. The van der Waals surface area contributed by atoms with Crippen molar-refractivity contribution in [3.8, 4) is 29.2 Å². The highest BCUT2D eigenvalue weighted by Crippen LogP contribution is 2.26. The maximum Gasteiger partial charge on any atom is 0.207 e. The lowest BCUT2D eigenvalue weighted by atomic mass is 10.2. The first-order chi connectivity index (χ1) is 14.9. The van der Waals surface area contributed by atoms with Crippen LogP contribution >= 0.6 is 35.4 Å². The molecule has 0 aliphatic heterocycles. The van der Waals surface area contributed by atoms with E-state index in [9.17, 15) is 0 Å². The van der Waals surface area contributed by atoms with E-state index < -0.39 is 0 Å². The van der Waals surface area contributed by atoms with E-state index in [-0.39, 0.29) is 0 Å². The van der Waals surface area contributed by atoms with E-state index in [4.69, 9.17) is 51.0 Å². The Bertz CT molecular complexity index is 1180. The molecule has 9 heteroatoms. The number of halogens is 2. The van der Waals surface area contributed by atoms with Gasteiger partial charge in [0.1, 0.15) is 0 Å². The van der Waals surface area contributed by atoms with Crippen LogP contribution in [-0.2, 0) is 6.67 Å². The zero-order chi connectivity index (χ0) is 22.4. The first-order valence-corrected chi connectivity index (χ1v) is 10.9. The highest BCUT2D eigenvalue weighted by molar-refractivity contribution is 7.71. The van der Waals surface area contributed by atoms with Gasteiger partial charge in [0.2, 0.25) is 4.77 Å². The number of hydrogen-bond donors (Lipinski definition) is 1. The third kappa shape index (κ3) is 5.52. The van der Waals surface area contributed by atoms with Crippen molar-refractivity contribution < 1.29 is 4.90 Å². The van der Waals surface area contributed by atoms with Gasteiger partial charge in [0, 0.05) is 15.6 Å². The number of hydrogen-bond acceptors (Lipinski definition) is 4. The first-order valence-electron chi connectivity index (χ1n) is 9.74. The SMILES string of the molecule is Cc1ccc(-n2c(-c3ccc(Cl)cc3)nn(C[NH+](CCC#N)CCC#N)c2=S)cc1Cl. The Balaban J connectivity index is 2.10. The molecular formula is C22H21Cl2N6S+. The molecule has 0 radical (unpaired) electrons. The smallest absolute Gasteiger partial charge is 0.207 e. The average Bonchev–Trinajstić information content (AvgIpc) is 3.08. The molecule has 31 heavy (non-hydrogen) atoms. The van der Waals surface area contributed by atoms with Crippen molar-refractivity contribution in [2.45, 2.75) is 26.4 Å². The van der Waals surface area contributed by atoms with E-state index in [1.54, 1.807) is 4.68 Å². The van der Waals surface area contributed by atoms with E-state index in [1.807, 2.05) is 54.0 Å². The fraction of sp³-hybridized carbons (Fsp3) is 0.273. The topological polar surface area (TPSA) is 74.8 Å². The van der Waals surface area contributed by atoms with Crippen molar-refractivity contribution in [2.24, 2.45) is 0 Å². The summed E-state index contributed by atoms with van der Waals surface area (Å²) in [7, 11) is 0. The zero-order valence-electron chi connectivity index (χ0n) is 17.0. The fourth-order valence-corrected chi connectivity index (χ4v) is 3.81. The van der Waals surface area contributed by atoms with Crippen LogP contribution in [-0.4, -0.2) is 27.4 Å². The van der Waals surface area contributed by atoms with Crippen LogP contribution in [0.4, 0.5) is 0 Å². The van der Waals surface area contributed by atoms with Gasteiger partial charge < -0.3 is 4.90 Å². The number of nitrogens with zero attached hydrogens (tertiary/aromatic N) is 5. The third-order valence-electron chi connectivity index (χ3n) is 4.91. The molecule has 0 aliphatic rings. The van der Waals surface area contributed by atoms with Gasteiger partial charge in [-0.05, 0) is 61.1 Å². The number of quaternary nitrogens is 1. The molecule has 6 nitrogen and oxygen atoms in total. The van der Waals surface area contributed by atoms with Gasteiger partial charge in [0.25, 0.3) is 0 Å². The van der Waals surface area contributed by atoms with Crippen LogP contribution in [0.15, 0.2) is 42.5 Å². The largest absolute Gasteiger partial charge is 0.315 e. The van der Waals surface area contributed by atoms with Crippen molar-refractivity contribution in [3.05, 3.63) is 62.8 Å². The van der Waals surface area contributed by atoms with Crippen molar-refractivity contribution in [3.63, 3.8) is 0 Å². The molecule has 0 bridgehead atoms. The van der Waals surface area contributed by atoms with Crippen LogP contribution in [0.25, 0.3) is 17.1 Å². The summed E-state index contributed by atoms with van der Waals surface area (Å²) in [5.74, 6) is 0.668. The molecule has 1 N–H and O–H groups in total. The highest BCUT2D eigenvalue weighted by atomic mass is 35.5. The Kier molecular flexibility index (Phi) is 7.84. The van der Waals surface area contributed by atoms with Gasteiger partial charge >= 0.3 is 0 Å². The van der Waals surface area contributed by atoms with Gasteiger partial charge in [0.05, 0.1) is 43.8 Å². The average molecular weight is 472 g/mol. The number of rotatable bonds is 8. The minimum absolute atomic E-state index is 0.395. The van der Waals surface area contributed by atoms with E-state index in [1.165, 1.54) is 0 Å². The Morgan fingerprint density at radius 2 is 1.68 bits per heavy atom. The molecule has 0 unspecified atom stereocenters. The first kappa shape index (κ1) is 23.0. The van der Waals surface area contributed by atoms with E-state index in [0.29, 0.717) is 53.2 Å². The second-order valence-corrected chi connectivity index (χ2v) is 8.31. The lowest BCUT2D eigenvalue weighted by Gasteiger charge is -2.16. The van der Waals surface area contributed by atoms with E-state index in [0.717, 1.165) is 21.7 Å². The van der Waals surface area contributed by atoms with Gasteiger partial charge in [0.15, 0.2) is 12.5 Å².